The fourth-order valence-corrected chi connectivity index (χ4v) is 6.64. The molecule has 1 aliphatic carbocycles. The number of benzene rings is 1. The van der Waals surface area contributed by atoms with E-state index in [9.17, 15) is 27.2 Å². The van der Waals surface area contributed by atoms with Gasteiger partial charge in [-0.2, -0.15) is 0 Å². The van der Waals surface area contributed by atoms with Crippen molar-refractivity contribution in [1.29, 1.82) is 0 Å². The molecular formula is C28H31FN4O5S. The molecule has 1 saturated carbocycles. The first kappa shape index (κ1) is 28.2. The number of nitrogens with two attached hydrogens (primary N) is 1. The van der Waals surface area contributed by atoms with Crippen LogP contribution in [0.5, 0.6) is 0 Å². The molecule has 3 aromatic rings. The number of hydrogen-bond acceptors (Lipinski definition) is 6. The lowest BCUT2D eigenvalue weighted by molar-refractivity contribution is -0.115. The van der Waals surface area contributed by atoms with Gasteiger partial charge in [-0.15, -0.1) is 0 Å². The van der Waals surface area contributed by atoms with Crippen molar-refractivity contribution < 1.29 is 27.2 Å². The van der Waals surface area contributed by atoms with Gasteiger partial charge in [0.25, 0.3) is 11.7 Å². The van der Waals surface area contributed by atoms with Gasteiger partial charge in [0, 0.05) is 43.0 Å². The second kappa shape index (κ2) is 10.7. The summed E-state index contributed by atoms with van der Waals surface area (Å²) in [6, 6.07) is 7.04. The first-order valence-electron chi connectivity index (χ1n) is 12.5. The summed E-state index contributed by atoms with van der Waals surface area (Å²) < 4.78 is 39.8. The minimum atomic E-state index is -3.25. The number of amides is 2. The van der Waals surface area contributed by atoms with Gasteiger partial charge in [-0.25, -0.2) is 12.8 Å². The van der Waals surface area contributed by atoms with E-state index in [1.807, 2.05) is 0 Å². The first-order chi connectivity index (χ1) is 18.3. The van der Waals surface area contributed by atoms with Gasteiger partial charge in [-0.1, -0.05) is 0 Å². The van der Waals surface area contributed by atoms with Crippen LogP contribution in [0.1, 0.15) is 57.7 Å². The van der Waals surface area contributed by atoms with Crippen molar-refractivity contribution in [2.45, 2.75) is 50.8 Å². The topological polar surface area (TPSA) is 132 Å². The number of pyridine rings is 1. The fourth-order valence-electron chi connectivity index (χ4n) is 5.51. The quantitative estimate of drug-likeness (QED) is 0.351. The normalized spacial score (nSPS) is 17.6. The van der Waals surface area contributed by atoms with E-state index >= 15 is 0 Å². The molecular weight excluding hydrogens is 523 g/mol. The Bertz CT molecular complexity index is 1560. The average Bonchev–Trinajstić information content (AvgIpc) is 3.16. The van der Waals surface area contributed by atoms with Crippen molar-refractivity contribution in [2.24, 2.45) is 12.8 Å². The van der Waals surface area contributed by atoms with Crippen molar-refractivity contribution >= 4 is 33.1 Å². The molecule has 0 unspecified atom stereocenters. The molecule has 1 fully saturated rings. The number of Topliss-reactive ketones (excluding diaryl/α,β-unsaturated/α-hetero) is 1. The highest BCUT2D eigenvalue weighted by Gasteiger charge is 2.38. The first-order valence-corrected chi connectivity index (χ1v) is 14.5. The van der Waals surface area contributed by atoms with E-state index < -0.39 is 44.5 Å². The molecule has 1 aromatic carbocycles. The Morgan fingerprint density at radius 1 is 1.05 bits per heavy atom. The summed E-state index contributed by atoms with van der Waals surface area (Å²) in [7, 11) is -1.67. The summed E-state index contributed by atoms with van der Waals surface area (Å²) in [5.41, 5.74) is 7.72. The van der Waals surface area contributed by atoms with Crippen LogP contribution in [0.2, 0.25) is 0 Å². The number of nitrogens with zero attached hydrogens (tertiary/aromatic N) is 3. The Hall–Kier alpha value is -3.86. The molecule has 2 aromatic heterocycles. The van der Waals surface area contributed by atoms with Crippen LogP contribution in [0.4, 0.5) is 10.1 Å². The lowest BCUT2D eigenvalue weighted by Crippen LogP contribution is -2.47. The lowest BCUT2D eigenvalue weighted by Gasteiger charge is -2.36. The highest BCUT2D eigenvalue weighted by Crippen LogP contribution is 2.34. The van der Waals surface area contributed by atoms with Crippen LogP contribution in [0.3, 0.4) is 0 Å². The summed E-state index contributed by atoms with van der Waals surface area (Å²) in [6.45, 7) is 3.13. The summed E-state index contributed by atoms with van der Waals surface area (Å²) in [4.78, 5) is 45.7. The molecule has 2 N–H and O–H groups in total. The van der Waals surface area contributed by atoms with E-state index in [-0.39, 0.29) is 16.8 Å². The van der Waals surface area contributed by atoms with Crippen LogP contribution in [0, 0.1) is 19.7 Å². The van der Waals surface area contributed by atoms with E-state index in [1.54, 1.807) is 45.4 Å². The molecule has 0 atom stereocenters. The fraction of sp³-hybridized carbons (Fsp3) is 0.357. The Morgan fingerprint density at radius 3 is 2.21 bits per heavy atom. The van der Waals surface area contributed by atoms with Gasteiger partial charge in [-0.3, -0.25) is 19.4 Å². The third-order valence-corrected chi connectivity index (χ3v) is 9.18. The van der Waals surface area contributed by atoms with Crippen LogP contribution >= 0.6 is 0 Å². The zero-order valence-electron chi connectivity index (χ0n) is 22.3. The number of aryl methyl sites for hydroxylation is 1. The molecule has 1 aliphatic rings. The molecule has 0 aliphatic heterocycles. The maximum atomic E-state index is 14.1. The second-order valence-corrected chi connectivity index (χ2v) is 12.4. The number of anilines is 1. The number of aromatic nitrogens is 2. The molecule has 0 saturated heterocycles. The van der Waals surface area contributed by atoms with Crippen molar-refractivity contribution in [3.8, 4) is 11.3 Å². The number of carbonyl (C=O) groups excluding carboxylic acids is 3. The highest BCUT2D eigenvalue weighted by molar-refractivity contribution is 7.91. The van der Waals surface area contributed by atoms with Gasteiger partial charge in [-0.05, 0) is 81.0 Å². The largest absolute Gasteiger partial charge is 0.366 e. The molecule has 0 spiro atoms. The van der Waals surface area contributed by atoms with Gasteiger partial charge in [0.2, 0.25) is 0 Å². The second-order valence-electron chi connectivity index (χ2n) is 10.1. The maximum absolute atomic E-state index is 14.1. The summed E-state index contributed by atoms with van der Waals surface area (Å²) in [5, 5.41) is -0.521. The Kier molecular flexibility index (Phi) is 7.74. The summed E-state index contributed by atoms with van der Waals surface area (Å²) >= 11 is 0. The predicted molar refractivity (Wildman–Crippen MR) is 146 cm³/mol. The standard InChI is InChI=1S/C28H31FN4O5S/c1-16-15-20(7-10-22(16)29)33(19-5-8-21(9-6-19)39(4,37)38)28(36)26(34)24-17(2)23(27(30)35)25(32(24)3)18-11-13-31-14-12-18/h7,10-15,19,21H,5-6,8-9H2,1-4H3,(H2,30,35). The van der Waals surface area contributed by atoms with Crippen molar-refractivity contribution in [1.82, 2.24) is 9.55 Å². The summed E-state index contributed by atoms with van der Waals surface area (Å²) in [6.07, 6.45) is 5.66. The van der Waals surface area contributed by atoms with Crippen LogP contribution in [0.15, 0.2) is 42.7 Å². The van der Waals surface area contributed by atoms with Gasteiger partial charge < -0.3 is 15.2 Å². The van der Waals surface area contributed by atoms with Gasteiger partial charge >= 0.3 is 5.91 Å². The number of primary amides is 1. The average molecular weight is 555 g/mol. The molecule has 2 amide bonds. The molecule has 206 valence electrons. The Balaban J connectivity index is 1.79. The maximum Gasteiger partial charge on any atom is 0.301 e. The SMILES string of the molecule is Cc1cc(N(C(=O)C(=O)c2c(C)c(C(N)=O)c(-c3ccncc3)n2C)C2CCC(S(C)(=O)=O)CC2)ccc1F. The Labute approximate surface area is 226 Å². The van der Waals surface area contributed by atoms with Gasteiger partial charge in [0.1, 0.15) is 15.7 Å². The zero-order valence-corrected chi connectivity index (χ0v) is 23.1. The minimum Gasteiger partial charge on any atom is -0.366 e. The lowest BCUT2D eigenvalue weighted by atomic mass is 9.92. The number of sulfone groups is 1. The number of rotatable bonds is 7. The third-order valence-electron chi connectivity index (χ3n) is 7.50. The smallest absolute Gasteiger partial charge is 0.301 e. The number of halogens is 1. The van der Waals surface area contributed by atoms with Gasteiger partial charge in [0.05, 0.1) is 22.2 Å². The van der Waals surface area contributed by atoms with Crippen LogP contribution in [-0.2, 0) is 21.7 Å². The highest BCUT2D eigenvalue weighted by atomic mass is 32.2. The molecule has 2 heterocycles. The molecule has 39 heavy (non-hydrogen) atoms. The third kappa shape index (κ3) is 5.36. The van der Waals surface area contributed by atoms with Crippen LogP contribution in [0.25, 0.3) is 11.3 Å². The van der Waals surface area contributed by atoms with Crippen molar-refractivity contribution in [3.63, 3.8) is 0 Å². The van der Waals surface area contributed by atoms with E-state index in [0.717, 1.165) is 0 Å². The monoisotopic (exact) mass is 554 g/mol. The summed E-state index contributed by atoms with van der Waals surface area (Å²) in [5.74, 6) is -2.91. The zero-order chi connectivity index (χ0) is 28.6. The van der Waals surface area contributed by atoms with E-state index in [4.69, 9.17) is 5.73 Å². The minimum absolute atomic E-state index is 0.00858. The number of carbonyl (C=O) groups is 3. The predicted octanol–water partition coefficient (Wildman–Crippen LogP) is 3.51. The van der Waals surface area contributed by atoms with Crippen LogP contribution in [-0.4, -0.2) is 53.1 Å². The van der Waals surface area contributed by atoms with Gasteiger partial charge in [0.15, 0.2) is 0 Å². The van der Waals surface area contributed by atoms with E-state index in [1.165, 1.54) is 33.9 Å². The van der Waals surface area contributed by atoms with E-state index in [0.29, 0.717) is 48.2 Å². The van der Waals surface area contributed by atoms with E-state index in [2.05, 4.69) is 4.98 Å². The Morgan fingerprint density at radius 2 is 1.67 bits per heavy atom. The van der Waals surface area contributed by atoms with Crippen LogP contribution < -0.4 is 10.6 Å². The number of ketones is 1. The number of hydrogen-bond donors (Lipinski definition) is 1. The molecule has 0 radical (unpaired) electrons. The molecule has 4 rings (SSSR count). The molecule has 9 nitrogen and oxygen atoms in total. The molecule has 11 heteroatoms. The molecule has 0 bridgehead atoms. The van der Waals surface area contributed by atoms with Crippen molar-refractivity contribution in [2.75, 3.05) is 11.2 Å². The van der Waals surface area contributed by atoms with Crippen molar-refractivity contribution in [3.05, 3.63) is 70.9 Å².